The third-order valence-electron chi connectivity index (χ3n) is 7.67. The molecule has 1 aliphatic heterocycles. The number of aliphatic hydroxyl groups excluding tert-OH is 1. The van der Waals surface area contributed by atoms with Gasteiger partial charge in [0.05, 0.1) is 23.2 Å². The van der Waals surface area contributed by atoms with Gasteiger partial charge in [-0.1, -0.05) is 84.9 Å². The summed E-state index contributed by atoms with van der Waals surface area (Å²) in [5, 5.41) is 25.1. The summed E-state index contributed by atoms with van der Waals surface area (Å²) < 4.78 is 70.8. The van der Waals surface area contributed by atoms with Crippen molar-refractivity contribution < 1.29 is 58.2 Å². The fraction of sp³-hybridized carbons (Fsp3) is 0.206. The van der Waals surface area contributed by atoms with Crippen molar-refractivity contribution in [2.75, 3.05) is 6.54 Å². The number of amides is 1. The first kappa shape index (κ1) is 35.4. The zero-order chi connectivity index (χ0) is 33.0. The summed E-state index contributed by atoms with van der Waals surface area (Å²) in [6, 6.07) is 20.7. The standard InChI is InChI=1S/C34H28F5N3O4.Ni/c35-25-24(26(36)28(38)29(39)27(25)37)32(43)31(34(45)46)41-30(20-12-5-2-6-13-20)21-14-7-8-15-22(21)40-33(44)23-16-9-17-42(23)18-19-10-3-1-4-11-19;/h1-8,10-15,23,31-32,43H,9,16-18H2,(H2,40,41,44,45,46);/p-1/t23-,31-,32-;/m0./s1. The molecule has 1 aliphatic rings. The van der Waals surface area contributed by atoms with E-state index in [-0.39, 0.29) is 39.0 Å². The molecule has 4 aromatic carbocycles. The van der Waals surface area contributed by atoms with Crippen LogP contribution >= 0.6 is 0 Å². The molecule has 0 saturated carbocycles. The first-order valence-corrected chi connectivity index (χ1v) is 14.3. The number of hydrogen-bond acceptors (Lipinski definition) is 5. The van der Waals surface area contributed by atoms with E-state index in [4.69, 9.17) is 0 Å². The molecule has 4 aromatic rings. The summed E-state index contributed by atoms with van der Waals surface area (Å²) in [4.78, 5) is 32.0. The molecule has 248 valence electrons. The van der Waals surface area contributed by atoms with Crippen LogP contribution in [0.1, 0.15) is 41.2 Å². The number of likely N-dealkylation sites (tertiary alicyclic amines) is 1. The van der Waals surface area contributed by atoms with Crippen molar-refractivity contribution in [1.82, 2.24) is 4.90 Å². The molecule has 0 aromatic heterocycles. The topological polar surface area (TPSA) is 104 Å². The monoisotopic (exact) mass is 694 g/mol. The van der Waals surface area contributed by atoms with Gasteiger partial charge >= 0.3 is 5.97 Å². The van der Waals surface area contributed by atoms with Crippen LogP contribution in [0.5, 0.6) is 0 Å². The van der Waals surface area contributed by atoms with Gasteiger partial charge in [0.2, 0.25) is 5.82 Å². The Labute approximate surface area is 276 Å². The third-order valence-corrected chi connectivity index (χ3v) is 7.67. The SMILES string of the molecule is O=C(O)[C@@H](N=C(c1ccccc1)c1ccccc1[N-]C(=O)[C@@H]1CCCN1Cc1ccccc1)[C@@H](O)c1c(F)c(F)c(F)c(F)c1F.[Ni]. The van der Waals surface area contributed by atoms with Crippen LogP contribution in [0.25, 0.3) is 5.32 Å². The molecule has 47 heavy (non-hydrogen) atoms. The minimum absolute atomic E-state index is 0. The van der Waals surface area contributed by atoms with E-state index in [1.54, 1.807) is 30.3 Å². The Kier molecular flexibility index (Phi) is 11.6. The molecule has 7 nitrogen and oxygen atoms in total. The molecule has 1 heterocycles. The van der Waals surface area contributed by atoms with Gasteiger partial charge in [-0.15, -0.1) is 5.69 Å². The van der Waals surface area contributed by atoms with E-state index in [0.717, 1.165) is 12.0 Å². The summed E-state index contributed by atoms with van der Waals surface area (Å²) in [6.45, 7) is 1.20. The number of halogens is 5. The fourth-order valence-electron chi connectivity index (χ4n) is 5.41. The van der Waals surface area contributed by atoms with Crippen molar-refractivity contribution in [2.45, 2.75) is 37.6 Å². The molecule has 1 fully saturated rings. The minimum Gasteiger partial charge on any atom is -0.625 e. The van der Waals surface area contributed by atoms with Crippen molar-refractivity contribution in [2.24, 2.45) is 4.99 Å². The van der Waals surface area contributed by atoms with Crippen LogP contribution in [0.2, 0.25) is 0 Å². The number of carbonyl (C=O) groups is 2. The van der Waals surface area contributed by atoms with Crippen LogP contribution < -0.4 is 0 Å². The van der Waals surface area contributed by atoms with Gasteiger partial charge in [0.15, 0.2) is 29.3 Å². The third kappa shape index (κ3) is 7.59. The summed E-state index contributed by atoms with van der Waals surface area (Å²) in [5.74, 6) is -14.3. The molecule has 1 amide bonds. The summed E-state index contributed by atoms with van der Waals surface area (Å²) in [6.07, 6.45) is -1.46. The van der Waals surface area contributed by atoms with Gasteiger partial charge < -0.3 is 20.3 Å². The van der Waals surface area contributed by atoms with E-state index >= 15 is 0 Å². The molecular formula is C34H27F5N3NiO4-. The fourth-order valence-corrected chi connectivity index (χ4v) is 5.41. The number of carboxylic acid groups (broad SMARTS) is 1. The van der Waals surface area contributed by atoms with Crippen LogP contribution in [0.15, 0.2) is 89.9 Å². The largest absolute Gasteiger partial charge is 0.625 e. The smallest absolute Gasteiger partial charge is 0.331 e. The Bertz CT molecular complexity index is 1750. The van der Waals surface area contributed by atoms with Crippen LogP contribution in [-0.4, -0.2) is 51.3 Å². The van der Waals surface area contributed by atoms with Crippen molar-refractivity contribution in [3.05, 3.63) is 142 Å². The van der Waals surface area contributed by atoms with Crippen LogP contribution in [0.3, 0.4) is 0 Å². The normalized spacial score (nSPS) is 16.3. The van der Waals surface area contributed by atoms with Crippen molar-refractivity contribution in [3.8, 4) is 0 Å². The van der Waals surface area contributed by atoms with Crippen LogP contribution in [-0.2, 0) is 32.6 Å². The van der Waals surface area contributed by atoms with Crippen molar-refractivity contribution in [3.63, 3.8) is 0 Å². The number of para-hydroxylation sites is 1. The van der Waals surface area contributed by atoms with Gasteiger partial charge in [-0.3, -0.25) is 9.89 Å². The number of nitrogens with zero attached hydrogens (tertiary/aromatic N) is 3. The second kappa shape index (κ2) is 15.4. The van der Waals surface area contributed by atoms with Gasteiger partial charge in [-0.25, -0.2) is 26.7 Å². The Morgan fingerprint density at radius 1 is 0.830 bits per heavy atom. The Morgan fingerprint density at radius 2 is 1.38 bits per heavy atom. The Hall–Kier alpha value is -4.45. The number of hydrogen-bond donors (Lipinski definition) is 2. The summed E-state index contributed by atoms with van der Waals surface area (Å²) in [5.41, 5.74) is -0.390. The number of carboxylic acids is 1. The zero-order valence-electron chi connectivity index (χ0n) is 24.4. The number of rotatable bonds is 10. The second-order valence-electron chi connectivity index (χ2n) is 10.6. The predicted octanol–water partition coefficient (Wildman–Crippen LogP) is 6.60. The summed E-state index contributed by atoms with van der Waals surface area (Å²) >= 11 is 0. The maximum absolute atomic E-state index is 14.6. The number of aliphatic hydroxyl groups is 1. The minimum atomic E-state index is -2.79. The quantitative estimate of drug-likeness (QED) is 0.0640. The zero-order valence-corrected chi connectivity index (χ0v) is 25.4. The molecule has 0 radical (unpaired) electrons. The van der Waals surface area contributed by atoms with Gasteiger partial charge in [0, 0.05) is 28.6 Å². The molecule has 0 unspecified atom stereocenters. The maximum atomic E-state index is 14.6. The molecule has 0 bridgehead atoms. The molecule has 13 heteroatoms. The predicted molar refractivity (Wildman–Crippen MR) is 159 cm³/mol. The van der Waals surface area contributed by atoms with Gasteiger partial charge in [-0.2, -0.15) is 0 Å². The molecule has 0 aliphatic carbocycles. The molecule has 1 saturated heterocycles. The van der Waals surface area contributed by atoms with E-state index in [1.165, 1.54) is 24.3 Å². The Morgan fingerprint density at radius 3 is 2.00 bits per heavy atom. The van der Waals surface area contributed by atoms with Gasteiger partial charge in [0.25, 0.3) is 0 Å². The second-order valence-corrected chi connectivity index (χ2v) is 10.6. The molecule has 3 atom stereocenters. The first-order valence-electron chi connectivity index (χ1n) is 14.3. The van der Waals surface area contributed by atoms with E-state index in [9.17, 15) is 41.8 Å². The molecule has 2 N–H and O–H groups in total. The van der Waals surface area contributed by atoms with E-state index < -0.39 is 64.7 Å². The summed E-state index contributed by atoms with van der Waals surface area (Å²) in [7, 11) is 0. The van der Waals surface area contributed by atoms with Gasteiger partial charge in [0.1, 0.15) is 6.10 Å². The number of aliphatic carboxylic acids is 1. The van der Waals surface area contributed by atoms with Crippen molar-refractivity contribution >= 4 is 23.3 Å². The van der Waals surface area contributed by atoms with E-state index in [0.29, 0.717) is 19.5 Å². The molecule has 5 rings (SSSR count). The van der Waals surface area contributed by atoms with Crippen molar-refractivity contribution in [1.29, 1.82) is 0 Å². The van der Waals surface area contributed by atoms with E-state index in [1.807, 2.05) is 35.2 Å². The van der Waals surface area contributed by atoms with Crippen LogP contribution in [0, 0.1) is 29.1 Å². The maximum Gasteiger partial charge on any atom is 0.331 e. The number of aliphatic imine (C=N–C) groups is 1. The average Bonchev–Trinajstić information content (AvgIpc) is 3.53. The van der Waals surface area contributed by atoms with E-state index in [2.05, 4.69) is 10.3 Å². The molecule has 0 spiro atoms. The number of carbonyl (C=O) groups excluding carboxylic acids is 1. The number of benzene rings is 4. The van der Waals surface area contributed by atoms with Gasteiger partial charge in [-0.05, 0) is 30.5 Å². The molecular weight excluding hydrogens is 668 g/mol. The van der Waals surface area contributed by atoms with Crippen LogP contribution in [0.4, 0.5) is 27.6 Å². The Balaban J connectivity index is 0.00000500. The first-order chi connectivity index (χ1) is 22.1. The average molecular weight is 695 g/mol.